The molecule has 2 aliphatic heterocycles. The number of hydrogen-bond acceptors (Lipinski definition) is 5. The molecule has 1 amide bonds. The maximum atomic E-state index is 13.0. The summed E-state index contributed by atoms with van der Waals surface area (Å²) in [6, 6.07) is 13.9. The molecule has 3 aliphatic rings. The smallest absolute Gasteiger partial charge is 0.268 e. The summed E-state index contributed by atoms with van der Waals surface area (Å²) in [4.78, 5) is 14.7. The van der Waals surface area contributed by atoms with Gasteiger partial charge in [0.1, 0.15) is 11.9 Å². The van der Waals surface area contributed by atoms with Crippen molar-refractivity contribution in [2.75, 3.05) is 31.6 Å². The van der Waals surface area contributed by atoms with E-state index in [1.165, 1.54) is 18.4 Å². The quantitative estimate of drug-likeness (QED) is 0.760. The number of ether oxygens (including phenoxy) is 3. The van der Waals surface area contributed by atoms with Gasteiger partial charge in [-0.25, -0.2) is 0 Å². The van der Waals surface area contributed by atoms with Crippen LogP contribution in [0.15, 0.2) is 42.5 Å². The first-order chi connectivity index (χ1) is 14.7. The molecule has 0 spiro atoms. The number of amides is 1. The van der Waals surface area contributed by atoms with Gasteiger partial charge >= 0.3 is 0 Å². The third kappa shape index (κ3) is 3.97. The van der Waals surface area contributed by atoms with Gasteiger partial charge in [0.05, 0.1) is 7.11 Å². The van der Waals surface area contributed by atoms with Crippen LogP contribution < -0.4 is 24.4 Å². The van der Waals surface area contributed by atoms with Crippen LogP contribution in [0.25, 0.3) is 0 Å². The van der Waals surface area contributed by atoms with Crippen molar-refractivity contribution in [3.05, 3.63) is 48.0 Å². The van der Waals surface area contributed by atoms with E-state index < -0.39 is 6.10 Å². The number of carbonyl (C=O) groups excluding carboxylic acids is 1. The Bertz CT molecular complexity index is 904. The molecule has 1 N–H and O–H groups in total. The molecule has 2 atom stereocenters. The van der Waals surface area contributed by atoms with Crippen molar-refractivity contribution in [2.45, 2.75) is 43.8 Å². The topological polar surface area (TPSA) is 60.0 Å². The molecule has 6 nitrogen and oxygen atoms in total. The predicted molar refractivity (Wildman–Crippen MR) is 115 cm³/mol. The third-order valence-electron chi connectivity index (χ3n) is 6.13. The fourth-order valence-electron chi connectivity index (χ4n) is 4.25. The van der Waals surface area contributed by atoms with E-state index in [2.05, 4.69) is 17.4 Å². The number of nitrogens with one attached hydrogen (secondary N) is 1. The van der Waals surface area contributed by atoms with E-state index in [4.69, 9.17) is 14.2 Å². The van der Waals surface area contributed by atoms with E-state index in [0.717, 1.165) is 36.9 Å². The zero-order valence-electron chi connectivity index (χ0n) is 17.3. The van der Waals surface area contributed by atoms with Crippen LogP contribution in [0.2, 0.25) is 0 Å². The van der Waals surface area contributed by atoms with Gasteiger partial charge in [-0.1, -0.05) is 12.1 Å². The minimum atomic E-state index is -0.455. The number of benzene rings is 2. The summed E-state index contributed by atoms with van der Waals surface area (Å²) in [6.07, 6.45) is 3.90. The Kier molecular flexibility index (Phi) is 5.25. The lowest BCUT2D eigenvalue weighted by Gasteiger charge is -2.20. The zero-order chi connectivity index (χ0) is 20.5. The van der Waals surface area contributed by atoms with Crippen LogP contribution in [-0.4, -0.2) is 44.9 Å². The van der Waals surface area contributed by atoms with Crippen LogP contribution in [0.5, 0.6) is 17.2 Å². The van der Waals surface area contributed by atoms with E-state index in [0.29, 0.717) is 24.5 Å². The zero-order valence-corrected chi connectivity index (χ0v) is 17.3. The molecular formula is C24H28N2O4. The van der Waals surface area contributed by atoms with Crippen molar-refractivity contribution in [3.8, 4) is 17.2 Å². The maximum absolute atomic E-state index is 13.0. The van der Waals surface area contributed by atoms with Crippen LogP contribution in [0.1, 0.15) is 37.2 Å². The Hall–Kier alpha value is -2.73. The monoisotopic (exact) mass is 408 g/mol. The molecule has 2 aromatic rings. The van der Waals surface area contributed by atoms with Crippen LogP contribution >= 0.6 is 0 Å². The van der Waals surface area contributed by atoms with Crippen molar-refractivity contribution in [2.24, 2.45) is 0 Å². The Morgan fingerprint density at radius 1 is 0.967 bits per heavy atom. The number of nitrogens with zero attached hydrogens (tertiary/aromatic N) is 1. The summed E-state index contributed by atoms with van der Waals surface area (Å²) in [6.45, 7) is 2.44. The highest BCUT2D eigenvalue weighted by atomic mass is 16.5. The summed E-state index contributed by atoms with van der Waals surface area (Å²) >= 11 is 0. The minimum Gasteiger partial charge on any atom is -0.493 e. The third-order valence-corrected chi connectivity index (χ3v) is 6.13. The number of carbonyl (C=O) groups is 1. The average Bonchev–Trinajstić information content (AvgIpc) is 3.39. The van der Waals surface area contributed by atoms with Crippen molar-refractivity contribution in [3.63, 3.8) is 0 Å². The fraction of sp³-hybridized carbons (Fsp3) is 0.458. The summed E-state index contributed by atoms with van der Waals surface area (Å²) in [5.74, 6) is 2.81. The van der Waals surface area contributed by atoms with Gasteiger partial charge in [0, 0.05) is 31.3 Å². The van der Waals surface area contributed by atoms with Crippen molar-refractivity contribution in [1.82, 2.24) is 5.32 Å². The van der Waals surface area contributed by atoms with Crippen molar-refractivity contribution < 1.29 is 19.0 Å². The maximum Gasteiger partial charge on any atom is 0.268 e. The van der Waals surface area contributed by atoms with Gasteiger partial charge in [0.15, 0.2) is 17.6 Å². The molecular weight excluding hydrogens is 380 g/mol. The highest BCUT2D eigenvalue weighted by Gasteiger charge is 2.35. The van der Waals surface area contributed by atoms with E-state index in [1.807, 2.05) is 30.3 Å². The molecule has 0 radical (unpaired) electrons. The van der Waals surface area contributed by atoms with Crippen LogP contribution in [0.3, 0.4) is 0 Å². The lowest BCUT2D eigenvalue weighted by Crippen LogP contribution is -2.32. The van der Waals surface area contributed by atoms with Gasteiger partial charge < -0.3 is 24.4 Å². The lowest BCUT2D eigenvalue weighted by molar-refractivity contribution is -0.122. The molecule has 2 heterocycles. The standard InChI is InChI=1S/C24H28N2O4/c1-28-23-14-18(6-9-21(23)30-20-10-12-25-15-20)26-13-11-22(24(26)27)29-19-7-4-17(5-8-19)16-2-3-16/h4-9,14,16,20,22,25H,2-3,10-13,15H2,1H3/t20-,22+/m0/s1. The first-order valence-electron chi connectivity index (χ1n) is 10.8. The summed E-state index contributed by atoms with van der Waals surface area (Å²) in [7, 11) is 1.63. The molecule has 0 unspecified atom stereocenters. The number of hydrogen-bond donors (Lipinski definition) is 1. The molecule has 5 rings (SSSR count). The molecule has 6 heteroatoms. The number of anilines is 1. The second-order valence-electron chi connectivity index (χ2n) is 8.30. The van der Waals surface area contributed by atoms with E-state index in [9.17, 15) is 4.79 Å². The van der Waals surface area contributed by atoms with Crippen molar-refractivity contribution >= 4 is 11.6 Å². The van der Waals surface area contributed by atoms with Crippen LogP contribution in [0.4, 0.5) is 5.69 Å². The van der Waals surface area contributed by atoms with Gasteiger partial charge in [-0.05, 0) is 61.6 Å². The normalized spacial score (nSPS) is 23.6. The Labute approximate surface area is 177 Å². The SMILES string of the molecule is COc1cc(N2CC[C@@H](Oc3ccc(C4CC4)cc3)C2=O)ccc1O[C@H]1CCNC1. The molecule has 2 saturated heterocycles. The van der Waals surface area contributed by atoms with Crippen LogP contribution in [0, 0.1) is 0 Å². The number of methoxy groups -OCH3 is 1. The molecule has 3 fully saturated rings. The molecule has 158 valence electrons. The molecule has 1 saturated carbocycles. The van der Waals surface area contributed by atoms with E-state index in [1.54, 1.807) is 12.0 Å². The fourth-order valence-corrected chi connectivity index (χ4v) is 4.25. The molecule has 1 aliphatic carbocycles. The molecule has 0 aromatic heterocycles. The first-order valence-corrected chi connectivity index (χ1v) is 10.8. The van der Waals surface area contributed by atoms with Crippen molar-refractivity contribution in [1.29, 1.82) is 0 Å². The second kappa shape index (κ2) is 8.19. The van der Waals surface area contributed by atoms with Gasteiger partial charge in [-0.15, -0.1) is 0 Å². The predicted octanol–water partition coefficient (Wildman–Crippen LogP) is 3.50. The highest BCUT2D eigenvalue weighted by Crippen LogP contribution is 2.40. The lowest BCUT2D eigenvalue weighted by atomic mass is 10.1. The average molecular weight is 408 g/mol. The van der Waals surface area contributed by atoms with Gasteiger partial charge in [-0.2, -0.15) is 0 Å². The van der Waals surface area contributed by atoms with Gasteiger partial charge in [0.25, 0.3) is 5.91 Å². The molecule has 30 heavy (non-hydrogen) atoms. The first kappa shape index (κ1) is 19.2. The minimum absolute atomic E-state index is 0.0167. The summed E-state index contributed by atoms with van der Waals surface area (Å²) < 4.78 is 17.6. The summed E-state index contributed by atoms with van der Waals surface area (Å²) in [5.41, 5.74) is 2.17. The largest absolute Gasteiger partial charge is 0.493 e. The van der Waals surface area contributed by atoms with Crippen LogP contribution in [-0.2, 0) is 4.79 Å². The van der Waals surface area contributed by atoms with E-state index >= 15 is 0 Å². The van der Waals surface area contributed by atoms with Gasteiger partial charge in [-0.3, -0.25) is 4.79 Å². The highest BCUT2D eigenvalue weighted by molar-refractivity contribution is 5.99. The second-order valence-corrected chi connectivity index (χ2v) is 8.30. The van der Waals surface area contributed by atoms with E-state index in [-0.39, 0.29) is 12.0 Å². The Morgan fingerprint density at radius 3 is 2.50 bits per heavy atom. The molecule has 0 bridgehead atoms. The Morgan fingerprint density at radius 2 is 1.80 bits per heavy atom. The Balaban J connectivity index is 1.25. The summed E-state index contributed by atoms with van der Waals surface area (Å²) in [5, 5.41) is 3.30. The van der Waals surface area contributed by atoms with Gasteiger partial charge in [0.2, 0.25) is 0 Å². The number of rotatable bonds is 7. The molecule has 2 aromatic carbocycles.